The smallest absolute Gasteiger partial charge is 0.433 e. The summed E-state index contributed by atoms with van der Waals surface area (Å²) >= 11 is 0. The number of aromatic nitrogens is 2. The minimum absolute atomic E-state index is 0.0992. The topological polar surface area (TPSA) is 51.9 Å². The van der Waals surface area contributed by atoms with Crippen molar-refractivity contribution < 1.29 is 27.5 Å². The van der Waals surface area contributed by atoms with Crippen LogP contribution < -0.4 is 19.3 Å². The number of anilines is 1. The highest BCUT2D eigenvalue weighted by atomic mass is 19.4. The number of benzene rings is 1. The maximum absolute atomic E-state index is 13.4. The van der Waals surface area contributed by atoms with Crippen molar-refractivity contribution in [3.8, 4) is 22.8 Å². The summed E-state index contributed by atoms with van der Waals surface area (Å²) in [6.07, 6.45) is -4.55. The molecule has 2 aromatic rings. The summed E-state index contributed by atoms with van der Waals surface area (Å²) in [6.45, 7) is 2.87. The van der Waals surface area contributed by atoms with Crippen LogP contribution in [0.25, 0.3) is 11.3 Å². The molecule has 1 aromatic carbocycles. The maximum Gasteiger partial charge on any atom is 0.433 e. The first kappa shape index (κ1) is 19.2. The van der Waals surface area contributed by atoms with Crippen molar-refractivity contribution >= 4 is 5.95 Å². The van der Waals surface area contributed by atoms with E-state index in [0.29, 0.717) is 30.2 Å². The molecule has 2 heterocycles. The third kappa shape index (κ3) is 4.24. The van der Waals surface area contributed by atoms with Gasteiger partial charge in [-0.2, -0.15) is 13.2 Å². The summed E-state index contributed by atoms with van der Waals surface area (Å²) < 4.78 is 50.6. The van der Waals surface area contributed by atoms with Gasteiger partial charge in [0.2, 0.25) is 5.95 Å². The molecule has 0 bridgehead atoms. The molecule has 0 amide bonds. The second kappa shape index (κ2) is 7.59. The van der Waals surface area contributed by atoms with Crippen molar-refractivity contribution in [2.75, 3.05) is 52.3 Å². The first-order valence-corrected chi connectivity index (χ1v) is 8.56. The van der Waals surface area contributed by atoms with Crippen LogP contribution in [0.4, 0.5) is 19.1 Å². The number of nitrogens with zero attached hydrogens (tertiary/aromatic N) is 3. The number of nitrogens with one attached hydrogen (secondary N) is 1. The molecule has 9 heteroatoms. The maximum atomic E-state index is 13.4. The summed E-state index contributed by atoms with van der Waals surface area (Å²) in [5.41, 5.74) is -0.260. The SMILES string of the molecule is COc1ccc(-c2cc(C(F)(F)F)nc(N3CC[NH+](C)CC3)n2)cc1OC. The van der Waals surface area contributed by atoms with Crippen LogP contribution in [-0.2, 0) is 6.18 Å². The van der Waals surface area contributed by atoms with Gasteiger partial charge in [-0.3, -0.25) is 0 Å². The van der Waals surface area contributed by atoms with E-state index in [1.165, 1.54) is 19.1 Å². The zero-order valence-electron chi connectivity index (χ0n) is 15.4. The monoisotopic (exact) mass is 383 g/mol. The van der Waals surface area contributed by atoms with E-state index in [2.05, 4.69) is 17.0 Å². The largest absolute Gasteiger partial charge is 0.493 e. The second-order valence-corrected chi connectivity index (χ2v) is 6.45. The molecule has 0 spiro atoms. The fourth-order valence-corrected chi connectivity index (χ4v) is 2.95. The number of methoxy groups -OCH3 is 2. The molecule has 6 nitrogen and oxygen atoms in total. The minimum atomic E-state index is -4.55. The van der Waals surface area contributed by atoms with Crippen LogP contribution in [0, 0.1) is 0 Å². The van der Waals surface area contributed by atoms with Gasteiger partial charge in [0.1, 0.15) is 0 Å². The molecule has 1 saturated heterocycles. The quantitative estimate of drug-likeness (QED) is 0.868. The van der Waals surface area contributed by atoms with E-state index >= 15 is 0 Å². The molecule has 0 unspecified atom stereocenters. The minimum Gasteiger partial charge on any atom is -0.493 e. The lowest BCUT2D eigenvalue weighted by Crippen LogP contribution is -3.12. The fraction of sp³-hybridized carbons (Fsp3) is 0.444. The normalized spacial score (nSPS) is 15.7. The molecular weight excluding hydrogens is 361 g/mol. The van der Waals surface area contributed by atoms with Crippen molar-refractivity contribution in [1.29, 1.82) is 0 Å². The lowest BCUT2D eigenvalue weighted by molar-refractivity contribution is -0.880. The standard InChI is InChI=1S/C18H21F3N4O2/c1-24-6-8-25(9-7-24)17-22-13(11-16(23-17)18(19,20)21)12-4-5-14(26-2)15(10-12)27-3/h4-5,10-11H,6-9H2,1-3H3/p+1. The molecular formula is C18H22F3N4O2+. The predicted octanol–water partition coefficient (Wildman–Crippen LogP) is 1.51. The average Bonchev–Trinajstić information content (AvgIpc) is 2.67. The Morgan fingerprint density at radius 3 is 2.26 bits per heavy atom. The van der Waals surface area contributed by atoms with E-state index in [9.17, 15) is 13.2 Å². The van der Waals surface area contributed by atoms with Crippen LogP contribution in [0.2, 0.25) is 0 Å². The molecule has 0 radical (unpaired) electrons. The lowest BCUT2D eigenvalue weighted by atomic mass is 10.1. The zero-order chi connectivity index (χ0) is 19.6. The van der Waals surface area contributed by atoms with Gasteiger partial charge in [-0.1, -0.05) is 0 Å². The number of rotatable bonds is 4. The number of ether oxygens (including phenoxy) is 2. The van der Waals surface area contributed by atoms with Crippen molar-refractivity contribution in [2.24, 2.45) is 0 Å². The van der Waals surface area contributed by atoms with Crippen molar-refractivity contribution in [1.82, 2.24) is 9.97 Å². The van der Waals surface area contributed by atoms with Crippen molar-refractivity contribution in [2.45, 2.75) is 6.18 Å². The molecule has 0 saturated carbocycles. The summed E-state index contributed by atoms with van der Waals surface area (Å²) in [6, 6.07) is 5.87. The molecule has 1 N–H and O–H groups in total. The van der Waals surface area contributed by atoms with Gasteiger partial charge in [0, 0.05) is 5.56 Å². The first-order valence-electron chi connectivity index (χ1n) is 8.56. The molecule has 0 aliphatic carbocycles. The first-order chi connectivity index (χ1) is 12.8. The van der Waals surface area contributed by atoms with Gasteiger partial charge < -0.3 is 19.3 Å². The Bertz CT molecular complexity index is 806. The molecule has 1 fully saturated rings. The number of halogens is 3. The molecule has 1 aromatic heterocycles. The van der Waals surface area contributed by atoms with Gasteiger partial charge in [-0.05, 0) is 24.3 Å². The Morgan fingerprint density at radius 1 is 1.00 bits per heavy atom. The van der Waals surface area contributed by atoms with Gasteiger partial charge in [0.25, 0.3) is 0 Å². The van der Waals surface area contributed by atoms with Gasteiger partial charge in [0.15, 0.2) is 17.2 Å². The Labute approximate surface area is 155 Å². The van der Waals surface area contributed by atoms with E-state index in [1.807, 2.05) is 0 Å². The number of piperazine rings is 1. The lowest BCUT2D eigenvalue weighted by Gasteiger charge is -2.30. The van der Waals surface area contributed by atoms with Gasteiger partial charge >= 0.3 is 6.18 Å². The summed E-state index contributed by atoms with van der Waals surface area (Å²) in [4.78, 5) is 11.3. The molecule has 1 aliphatic heterocycles. The van der Waals surface area contributed by atoms with E-state index in [1.54, 1.807) is 23.1 Å². The number of hydrogen-bond acceptors (Lipinski definition) is 5. The second-order valence-electron chi connectivity index (χ2n) is 6.45. The highest BCUT2D eigenvalue weighted by Gasteiger charge is 2.35. The number of quaternary nitrogens is 1. The predicted molar refractivity (Wildman–Crippen MR) is 94.4 cm³/mol. The number of alkyl halides is 3. The van der Waals surface area contributed by atoms with E-state index in [0.717, 1.165) is 19.2 Å². The van der Waals surface area contributed by atoms with Gasteiger partial charge in [-0.15, -0.1) is 0 Å². The summed E-state index contributed by atoms with van der Waals surface area (Å²) in [5.74, 6) is 1.02. The van der Waals surface area contributed by atoms with Gasteiger partial charge in [0.05, 0.1) is 53.1 Å². The van der Waals surface area contributed by atoms with E-state index in [4.69, 9.17) is 9.47 Å². The van der Waals surface area contributed by atoms with Crippen molar-refractivity contribution in [3.05, 3.63) is 30.0 Å². The molecule has 1 aliphatic rings. The Morgan fingerprint density at radius 2 is 1.67 bits per heavy atom. The summed E-state index contributed by atoms with van der Waals surface area (Å²) in [5, 5.41) is 0. The Hall–Kier alpha value is -2.55. The third-order valence-corrected chi connectivity index (χ3v) is 4.58. The highest BCUT2D eigenvalue weighted by molar-refractivity contribution is 5.65. The van der Waals surface area contributed by atoms with Crippen LogP contribution >= 0.6 is 0 Å². The highest BCUT2D eigenvalue weighted by Crippen LogP contribution is 2.35. The van der Waals surface area contributed by atoms with E-state index < -0.39 is 11.9 Å². The Kier molecular flexibility index (Phi) is 5.41. The van der Waals surface area contributed by atoms with Crippen LogP contribution in [0.1, 0.15) is 5.69 Å². The number of hydrogen-bond donors (Lipinski definition) is 1. The molecule has 146 valence electrons. The molecule has 0 atom stereocenters. The van der Waals surface area contributed by atoms with Crippen LogP contribution in [0.15, 0.2) is 24.3 Å². The number of likely N-dealkylation sites (N-methyl/N-ethyl adjacent to an activating group) is 1. The summed E-state index contributed by atoms with van der Waals surface area (Å²) in [7, 11) is 5.03. The molecule has 27 heavy (non-hydrogen) atoms. The molecule has 3 rings (SSSR count). The van der Waals surface area contributed by atoms with Gasteiger partial charge in [-0.25, -0.2) is 9.97 Å². The average molecular weight is 383 g/mol. The van der Waals surface area contributed by atoms with Crippen LogP contribution in [0.5, 0.6) is 11.5 Å². The third-order valence-electron chi connectivity index (χ3n) is 4.58. The van der Waals surface area contributed by atoms with Crippen LogP contribution in [0.3, 0.4) is 0 Å². The van der Waals surface area contributed by atoms with Crippen LogP contribution in [-0.4, -0.2) is 57.4 Å². The zero-order valence-corrected chi connectivity index (χ0v) is 15.4. The fourth-order valence-electron chi connectivity index (χ4n) is 2.95. The van der Waals surface area contributed by atoms with Crippen molar-refractivity contribution in [3.63, 3.8) is 0 Å². The Balaban J connectivity index is 2.05. The van der Waals surface area contributed by atoms with E-state index in [-0.39, 0.29) is 11.6 Å².